The molecule has 2 aromatic rings. The second kappa shape index (κ2) is 6.29. The SMILES string of the molecule is O=S(=O)(c1ccc2c(c1)CCCC2)N1CCCC[C@@H]1c1ncon1. The van der Waals surface area contributed by atoms with E-state index in [1.165, 1.54) is 23.9 Å². The molecule has 6 nitrogen and oxygen atoms in total. The van der Waals surface area contributed by atoms with Gasteiger partial charge >= 0.3 is 0 Å². The highest BCUT2D eigenvalue weighted by atomic mass is 32.2. The van der Waals surface area contributed by atoms with E-state index >= 15 is 0 Å². The lowest BCUT2D eigenvalue weighted by Crippen LogP contribution is -2.39. The number of aromatic nitrogens is 2. The molecule has 0 amide bonds. The van der Waals surface area contributed by atoms with Crippen LogP contribution >= 0.6 is 0 Å². The van der Waals surface area contributed by atoms with Crippen LogP contribution in [0.4, 0.5) is 0 Å². The van der Waals surface area contributed by atoms with Crippen LogP contribution in [0.5, 0.6) is 0 Å². The Labute approximate surface area is 141 Å². The summed E-state index contributed by atoms with van der Waals surface area (Å²) in [6.45, 7) is 0.499. The smallest absolute Gasteiger partial charge is 0.243 e. The molecular formula is C17H21N3O3S. The lowest BCUT2D eigenvalue weighted by Gasteiger charge is -2.33. The van der Waals surface area contributed by atoms with Crippen molar-refractivity contribution in [3.63, 3.8) is 0 Å². The highest BCUT2D eigenvalue weighted by Crippen LogP contribution is 2.35. The lowest BCUT2D eigenvalue weighted by atomic mass is 9.92. The summed E-state index contributed by atoms with van der Waals surface area (Å²) < 4.78 is 32.8. The second-order valence-electron chi connectivity index (χ2n) is 6.55. The van der Waals surface area contributed by atoms with E-state index in [1.807, 2.05) is 12.1 Å². The molecule has 24 heavy (non-hydrogen) atoms. The van der Waals surface area contributed by atoms with Crippen LogP contribution in [0.2, 0.25) is 0 Å². The van der Waals surface area contributed by atoms with Crippen molar-refractivity contribution in [3.8, 4) is 0 Å². The van der Waals surface area contributed by atoms with Crippen LogP contribution in [-0.2, 0) is 22.9 Å². The molecule has 1 aliphatic heterocycles. The fraction of sp³-hybridized carbons (Fsp3) is 0.529. The van der Waals surface area contributed by atoms with E-state index in [9.17, 15) is 8.42 Å². The molecule has 1 atom stereocenters. The molecule has 1 saturated heterocycles. The van der Waals surface area contributed by atoms with Gasteiger partial charge in [0.1, 0.15) is 0 Å². The number of fused-ring (bicyclic) bond motifs is 1. The van der Waals surface area contributed by atoms with Crippen molar-refractivity contribution in [2.75, 3.05) is 6.54 Å². The summed E-state index contributed by atoms with van der Waals surface area (Å²) in [5.74, 6) is 0.455. The average molecular weight is 347 g/mol. The Bertz CT molecular complexity index is 818. The van der Waals surface area contributed by atoms with Crippen molar-refractivity contribution in [3.05, 3.63) is 41.5 Å². The van der Waals surface area contributed by atoms with Crippen molar-refractivity contribution in [2.45, 2.75) is 55.9 Å². The Morgan fingerprint density at radius 1 is 1.08 bits per heavy atom. The molecule has 0 bridgehead atoms. The molecule has 0 spiro atoms. The first-order valence-electron chi connectivity index (χ1n) is 8.56. The van der Waals surface area contributed by atoms with Crippen molar-refractivity contribution in [1.82, 2.24) is 14.4 Å². The van der Waals surface area contributed by atoms with Gasteiger partial charge in [0.25, 0.3) is 0 Å². The minimum Gasteiger partial charge on any atom is -0.343 e. The number of piperidine rings is 1. The average Bonchev–Trinajstić information content (AvgIpc) is 3.16. The maximum absolute atomic E-state index is 13.2. The van der Waals surface area contributed by atoms with Gasteiger partial charge in [-0.2, -0.15) is 9.29 Å². The molecular weight excluding hydrogens is 326 g/mol. The molecule has 7 heteroatoms. The fourth-order valence-corrected chi connectivity index (χ4v) is 5.49. The molecule has 0 radical (unpaired) electrons. The molecule has 0 N–H and O–H groups in total. The van der Waals surface area contributed by atoms with E-state index in [1.54, 1.807) is 10.4 Å². The summed E-state index contributed by atoms with van der Waals surface area (Å²) >= 11 is 0. The maximum atomic E-state index is 13.2. The number of nitrogens with zero attached hydrogens (tertiary/aromatic N) is 3. The van der Waals surface area contributed by atoms with Gasteiger partial charge in [0.05, 0.1) is 10.9 Å². The third kappa shape index (κ3) is 2.75. The fourth-order valence-electron chi connectivity index (χ4n) is 3.78. The predicted octanol–water partition coefficient (Wildman–Crippen LogP) is 2.86. The Balaban J connectivity index is 1.70. The Hall–Kier alpha value is -1.73. The van der Waals surface area contributed by atoms with E-state index in [-0.39, 0.29) is 6.04 Å². The zero-order chi connectivity index (χ0) is 16.6. The van der Waals surface area contributed by atoms with Gasteiger partial charge in [0.2, 0.25) is 16.4 Å². The summed E-state index contributed by atoms with van der Waals surface area (Å²) in [4.78, 5) is 4.47. The number of hydrogen-bond donors (Lipinski definition) is 0. The Morgan fingerprint density at radius 3 is 2.71 bits per heavy atom. The minimum atomic E-state index is -3.56. The van der Waals surface area contributed by atoms with Crippen LogP contribution in [0, 0.1) is 0 Å². The van der Waals surface area contributed by atoms with Gasteiger partial charge in [-0.3, -0.25) is 0 Å². The highest BCUT2D eigenvalue weighted by molar-refractivity contribution is 7.89. The van der Waals surface area contributed by atoms with Gasteiger partial charge in [-0.1, -0.05) is 17.6 Å². The molecule has 1 aromatic carbocycles. The summed E-state index contributed by atoms with van der Waals surface area (Å²) in [5.41, 5.74) is 2.46. The van der Waals surface area contributed by atoms with E-state index < -0.39 is 10.0 Å². The van der Waals surface area contributed by atoms with Crippen LogP contribution in [0.3, 0.4) is 0 Å². The van der Waals surface area contributed by atoms with Crippen LogP contribution in [0.25, 0.3) is 0 Å². The molecule has 0 unspecified atom stereocenters. The molecule has 1 aromatic heterocycles. The molecule has 2 heterocycles. The minimum absolute atomic E-state index is 0.335. The monoisotopic (exact) mass is 347 g/mol. The van der Waals surface area contributed by atoms with Crippen LogP contribution < -0.4 is 0 Å². The normalized spacial score (nSPS) is 22.2. The topological polar surface area (TPSA) is 76.3 Å². The van der Waals surface area contributed by atoms with E-state index in [4.69, 9.17) is 4.52 Å². The first-order valence-corrected chi connectivity index (χ1v) is 10.0. The second-order valence-corrected chi connectivity index (χ2v) is 8.44. The highest BCUT2D eigenvalue weighted by Gasteiger charge is 2.36. The van der Waals surface area contributed by atoms with Gasteiger partial charge in [0, 0.05) is 6.54 Å². The third-order valence-corrected chi connectivity index (χ3v) is 6.96. The molecule has 1 aliphatic carbocycles. The zero-order valence-corrected chi connectivity index (χ0v) is 14.3. The van der Waals surface area contributed by atoms with Crippen LogP contribution in [0.15, 0.2) is 34.0 Å². The largest absolute Gasteiger partial charge is 0.343 e. The molecule has 2 aliphatic rings. The first-order chi connectivity index (χ1) is 11.7. The number of rotatable bonds is 3. The summed E-state index contributed by atoms with van der Waals surface area (Å²) in [7, 11) is -3.56. The summed E-state index contributed by atoms with van der Waals surface area (Å²) in [6, 6.07) is 5.26. The number of benzene rings is 1. The first kappa shape index (κ1) is 15.8. The summed E-state index contributed by atoms with van der Waals surface area (Å²) in [6.07, 6.45) is 8.14. The molecule has 4 rings (SSSR count). The maximum Gasteiger partial charge on any atom is 0.243 e. The quantitative estimate of drug-likeness (QED) is 0.853. The van der Waals surface area contributed by atoms with Gasteiger partial charge in [-0.25, -0.2) is 8.42 Å². The van der Waals surface area contributed by atoms with Crippen molar-refractivity contribution in [2.24, 2.45) is 0 Å². The van der Waals surface area contributed by atoms with E-state index in [0.29, 0.717) is 17.3 Å². The predicted molar refractivity (Wildman–Crippen MR) is 87.9 cm³/mol. The van der Waals surface area contributed by atoms with Gasteiger partial charge in [0.15, 0.2) is 5.82 Å². The van der Waals surface area contributed by atoms with Crippen molar-refractivity contribution < 1.29 is 12.9 Å². The number of sulfonamides is 1. The molecule has 0 saturated carbocycles. The number of hydrogen-bond acceptors (Lipinski definition) is 5. The van der Waals surface area contributed by atoms with E-state index in [2.05, 4.69) is 10.1 Å². The van der Waals surface area contributed by atoms with Crippen molar-refractivity contribution in [1.29, 1.82) is 0 Å². The standard InChI is InChI=1S/C17H21N3O3S/c21-24(22,15-9-8-13-5-1-2-6-14(13)11-15)20-10-4-3-7-16(20)17-18-12-23-19-17/h8-9,11-12,16H,1-7,10H2/t16-/m1/s1. The van der Waals surface area contributed by atoms with Gasteiger partial charge in [-0.15, -0.1) is 0 Å². The van der Waals surface area contributed by atoms with Gasteiger partial charge in [-0.05, 0) is 61.8 Å². The molecule has 128 valence electrons. The third-order valence-electron chi connectivity index (χ3n) is 5.06. The van der Waals surface area contributed by atoms with Crippen LogP contribution in [0.1, 0.15) is 55.1 Å². The summed E-state index contributed by atoms with van der Waals surface area (Å²) in [5, 5.41) is 3.88. The van der Waals surface area contributed by atoms with Gasteiger partial charge < -0.3 is 4.52 Å². The lowest BCUT2D eigenvalue weighted by molar-refractivity contribution is 0.240. The Kier molecular flexibility index (Phi) is 4.14. The number of aryl methyl sites for hydroxylation is 2. The molecule has 1 fully saturated rings. The van der Waals surface area contributed by atoms with Crippen LogP contribution in [-0.4, -0.2) is 29.4 Å². The van der Waals surface area contributed by atoms with E-state index in [0.717, 1.165) is 38.5 Å². The Morgan fingerprint density at radius 2 is 1.92 bits per heavy atom. The zero-order valence-electron chi connectivity index (χ0n) is 13.5. The van der Waals surface area contributed by atoms with Crippen molar-refractivity contribution >= 4 is 10.0 Å².